The molecule has 2 aliphatic rings. The number of benzene rings is 1. The highest BCUT2D eigenvalue weighted by Gasteiger charge is 2.47. The van der Waals surface area contributed by atoms with Gasteiger partial charge in [-0.15, -0.1) is 0 Å². The minimum Gasteiger partial charge on any atom is -0.481 e. The van der Waals surface area contributed by atoms with Crippen molar-refractivity contribution in [3.63, 3.8) is 0 Å². The van der Waals surface area contributed by atoms with Crippen LogP contribution in [0.4, 0.5) is 0 Å². The first-order chi connectivity index (χ1) is 17.5. The fourth-order valence-corrected chi connectivity index (χ4v) is 5.36. The van der Waals surface area contributed by atoms with E-state index in [1.165, 1.54) is 0 Å². The lowest BCUT2D eigenvalue weighted by Gasteiger charge is -2.29. The summed E-state index contributed by atoms with van der Waals surface area (Å²) in [6.07, 6.45) is 8.19. The molecule has 0 radical (unpaired) electrons. The van der Waals surface area contributed by atoms with Gasteiger partial charge in [-0.25, -0.2) is 0 Å². The Labute approximate surface area is 213 Å². The van der Waals surface area contributed by atoms with Gasteiger partial charge in [-0.05, 0) is 43.0 Å². The third-order valence-electron chi connectivity index (χ3n) is 7.33. The molecule has 196 valence electrons. The first kappa shape index (κ1) is 26.0. The molecule has 0 bridgehead atoms. The number of aliphatic carboxylic acids is 1. The van der Waals surface area contributed by atoms with Gasteiger partial charge in [-0.1, -0.05) is 32.8 Å². The monoisotopic (exact) mass is 498 g/mol. The van der Waals surface area contributed by atoms with E-state index in [0.717, 1.165) is 44.3 Å². The standard InChI is InChI=1S/C27H38N4O5/c1-3-5-12-29(13-6-4-2)25(32)18-30-17-21(20-8-9-23-24(16-20)36-19-35-23)26(27(33)34)22(30)10-15-31-14-7-11-28-31/h7-9,11,14,16,21-22,26H,3-6,10,12-13,15,17-19H2,1-2H3,(H,33,34)/t21?,22-,26+/m1/s1. The predicted molar refractivity (Wildman–Crippen MR) is 135 cm³/mol. The van der Waals surface area contributed by atoms with Crippen molar-refractivity contribution in [2.45, 2.75) is 64.5 Å². The van der Waals surface area contributed by atoms with Crippen LogP contribution in [0, 0.1) is 5.92 Å². The second-order valence-electron chi connectivity index (χ2n) is 9.73. The van der Waals surface area contributed by atoms with Gasteiger partial charge in [0, 0.05) is 50.5 Å². The van der Waals surface area contributed by atoms with E-state index in [1.807, 2.05) is 40.0 Å². The number of unbranched alkanes of at least 4 members (excludes halogenated alkanes) is 2. The first-order valence-electron chi connectivity index (χ1n) is 13.1. The molecule has 4 rings (SSSR count). The number of likely N-dealkylation sites (tertiary alicyclic amines) is 1. The molecule has 0 saturated carbocycles. The Morgan fingerprint density at radius 1 is 1.14 bits per heavy atom. The van der Waals surface area contributed by atoms with Crippen LogP contribution in [0.5, 0.6) is 11.5 Å². The average Bonchev–Trinajstić information content (AvgIpc) is 3.62. The quantitative estimate of drug-likeness (QED) is 0.451. The smallest absolute Gasteiger partial charge is 0.308 e. The molecule has 1 N–H and O–H groups in total. The van der Waals surface area contributed by atoms with Gasteiger partial charge in [-0.3, -0.25) is 19.2 Å². The van der Waals surface area contributed by atoms with Crippen molar-refractivity contribution in [3.8, 4) is 11.5 Å². The summed E-state index contributed by atoms with van der Waals surface area (Å²) < 4.78 is 12.8. The number of carboxylic acids is 1. The molecule has 1 aromatic carbocycles. The van der Waals surface area contributed by atoms with E-state index in [9.17, 15) is 14.7 Å². The fraction of sp³-hybridized carbons (Fsp3) is 0.593. The lowest BCUT2D eigenvalue weighted by molar-refractivity contribution is -0.144. The first-order valence-corrected chi connectivity index (χ1v) is 13.1. The molecule has 1 fully saturated rings. The zero-order valence-corrected chi connectivity index (χ0v) is 21.3. The molecule has 0 aliphatic carbocycles. The second-order valence-corrected chi connectivity index (χ2v) is 9.73. The number of fused-ring (bicyclic) bond motifs is 1. The zero-order chi connectivity index (χ0) is 25.5. The van der Waals surface area contributed by atoms with Crippen LogP contribution in [0.2, 0.25) is 0 Å². The van der Waals surface area contributed by atoms with E-state index >= 15 is 0 Å². The minimum absolute atomic E-state index is 0.0801. The number of aromatic nitrogens is 2. The van der Waals surface area contributed by atoms with Crippen molar-refractivity contribution in [2.24, 2.45) is 5.92 Å². The molecule has 1 unspecified atom stereocenters. The second kappa shape index (κ2) is 12.3. The Hall–Kier alpha value is -3.07. The molecule has 3 heterocycles. The molecule has 2 aromatic rings. The topological polar surface area (TPSA) is 97.1 Å². The summed E-state index contributed by atoms with van der Waals surface area (Å²) in [5, 5.41) is 14.6. The average molecular weight is 499 g/mol. The largest absolute Gasteiger partial charge is 0.481 e. The van der Waals surface area contributed by atoms with E-state index in [2.05, 4.69) is 23.8 Å². The molecular weight excluding hydrogens is 460 g/mol. The van der Waals surface area contributed by atoms with Crippen LogP contribution in [0.25, 0.3) is 0 Å². The maximum absolute atomic E-state index is 13.4. The number of carboxylic acid groups (broad SMARTS) is 1. The normalized spacial score (nSPS) is 21.1. The number of nitrogens with zero attached hydrogens (tertiary/aromatic N) is 4. The van der Waals surface area contributed by atoms with Crippen molar-refractivity contribution in [1.29, 1.82) is 0 Å². The third-order valence-corrected chi connectivity index (χ3v) is 7.33. The summed E-state index contributed by atoms with van der Waals surface area (Å²) in [5.74, 6) is -0.345. The zero-order valence-electron chi connectivity index (χ0n) is 21.3. The Morgan fingerprint density at radius 2 is 1.89 bits per heavy atom. The molecule has 9 heteroatoms. The lowest BCUT2D eigenvalue weighted by atomic mass is 9.84. The van der Waals surface area contributed by atoms with E-state index in [1.54, 1.807) is 6.20 Å². The van der Waals surface area contributed by atoms with Crippen LogP contribution >= 0.6 is 0 Å². The van der Waals surface area contributed by atoms with Gasteiger partial charge in [0.25, 0.3) is 0 Å². The van der Waals surface area contributed by atoms with Crippen molar-refractivity contribution < 1.29 is 24.2 Å². The number of carbonyl (C=O) groups excluding carboxylic acids is 1. The number of aryl methyl sites for hydroxylation is 1. The van der Waals surface area contributed by atoms with Crippen molar-refractivity contribution in [1.82, 2.24) is 19.6 Å². The van der Waals surface area contributed by atoms with Crippen LogP contribution in [0.3, 0.4) is 0 Å². The highest BCUT2D eigenvalue weighted by Crippen LogP contribution is 2.42. The molecule has 1 amide bonds. The summed E-state index contributed by atoms with van der Waals surface area (Å²) in [6, 6.07) is 7.25. The highest BCUT2D eigenvalue weighted by atomic mass is 16.7. The van der Waals surface area contributed by atoms with Crippen LogP contribution < -0.4 is 9.47 Å². The molecule has 2 aliphatic heterocycles. The molecule has 36 heavy (non-hydrogen) atoms. The van der Waals surface area contributed by atoms with Gasteiger partial charge in [0.05, 0.1) is 12.5 Å². The summed E-state index contributed by atoms with van der Waals surface area (Å²) in [4.78, 5) is 30.1. The van der Waals surface area contributed by atoms with Crippen LogP contribution in [0.15, 0.2) is 36.7 Å². The Balaban J connectivity index is 1.58. The molecule has 9 nitrogen and oxygen atoms in total. The Bertz CT molecular complexity index is 1000. The summed E-state index contributed by atoms with van der Waals surface area (Å²) in [5.41, 5.74) is 0.902. The van der Waals surface area contributed by atoms with E-state index in [4.69, 9.17) is 9.47 Å². The van der Waals surface area contributed by atoms with Gasteiger partial charge >= 0.3 is 5.97 Å². The van der Waals surface area contributed by atoms with Gasteiger partial charge in [-0.2, -0.15) is 5.10 Å². The van der Waals surface area contributed by atoms with Gasteiger partial charge < -0.3 is 19.5 Å². The number of hydrogen-bond acceptors (Lipinski definition) is 6. The molecule has 0 spiro atoms. The maximum Gasteiger partial charge on any atom is 0.308 e. The molecule has 3 atom stereocenters. The fourth-order valence-electron chi connectivity index (χ4n) is 5.36. The molecule has 1 aromatic heterocycles. The van der Waals surface area contributed by atoms with E-state index < -0.39 is 11.9 Å². The van der Waals surface area contributed by atoms with Crippen molar-refractivity contribution in [2.75, 3.05) is 33.0 Å². The van der Waals surface area contributed by atoms with Crippen LogP contribution in [0.1, 0.15) is 57.4 Å². The summed E-state index contributed by atoms with van der Waals surface area (Å²) in [7, 11) is 0. The SMILES string of the molecule is CCCCN(CCCC)C(=O)CN1CC(c2ccc3c(c2)OCO3)[C@H](C(=O)O)[C@H]1CCn1cccn1. The lowest BCUT2D eigenvalue weighted by Crippen LogP contribution is -2.45. The Morgan fingerprint density at radius 3 is 2.56 bits per heavy atom. The summed E-state index contributed by atoms with van der Waals surface area (Å²) >= 11 is 0. The van der Waals surface area contributed by atoms with Gasteiger partial charge in [0.2, 0.25) is 12.7 Å². The summed E-state index contributed by atoms with van der Waals surface area (Å²) in [6.45, 7) is 7.23. The maximum atomic E-state index is 13.4. The number of ether oxygens (including phenoxy) is 2. The Kier molecular flexibility index (Phi) is 8.85. The van der Waals surface area contributed by atoms with E-state index in [0.29, 0.717) is 31.0 Å². The van der Waals surface area contributed by atoms with Crippen molar-refractivity contribution in [3.05, 3.63) is 42.2 Å². The number of amides is 1. The number of hydrogen-bond donors (Lipinski definition) is 1. The van der Waals surface area contributed by atoms with Gasteiger partial charge in [0.1, 0.15) is 0 Å². The number of rotatable bonds is 13. The van der Waals surface area contributed by atoms with Gasteiger partial charge in [0.15, 0.2) is 11.5 Å². The van der Waals surface area contributed by atoms with Crippen molar-refractivity contribution >= 4 is 11.9 Å². The molecule has 1 saturated heterocycles. The third kappa shape index (κ3) is 6.00. The van der Waals surface area contributed by atoms with Crippen LogP contribution in [-0.2, 0) is 16.1 Å². The molecular formula is C27H38N4O5. The number of carbonyl (C=O) groups is 2. The minimum atomic E-state index is -0.841. The van der Waals surface area contributed by atoms with E-state index in [-0.39, 0.29) is 31.2 Å². The highest BCUT2D eigenvalue weighted by molar-refractivity contribution is 5.79. The van der Waals surface area contributed by atoms with Crippen LogP contribution in [-0.4, -0.2) is 75.6 Å². The predicted octanol–water partition coefficient (Wildman–Crippen LogP) is 3.60.